The van der Waals surface area contributed by atoms with Crippen LogP contribution in [0.5, 0.6) is 0 Å². The third-order valence-electron chi connectivity index (χ3n) is 0. The molecule has 5 heavy (non-hydrogen) atoms. The molecule has 0 heteroatoms. The van der Waals surface area contributed by atoms with Crippen LogP contribution in [0.2, 0.25) is 0 Å². The van der Waals surface area contributed by atoms with E-state index in [4.69, 9.17) is 6.85 Å². The van der Waals surface area contributed by atoms with Crippen molar-refractivity contribution < 1.29 is 6.85 Å². The van der Waals surface area contributed by atoms with Crippen LogP contribution in [0.15, 0.2) is 0 Å². The Morgan fingerprint density at radius 2 is 2.20 bits per heavy atom. The summed E-state index contributed by atoms with van der Waals surface area (Å²) in [6, 6.07) is 0. The smallest absolute Gasteiger partial charge is 0.0230 e. The van der Waals surface area contributed by atoms with Gasteiger partial charge in [-0.25, -0.2) is 0 Å². The number of hydrogen-bond donors (Lipinski definition) is 0. The SMILES string of the molecule is [3H]C([3H])CC.[3H]CC([3H])[3H]. The fourth-order valence-corrected chi connectivity index (χ4v) is 0. The highest BCUT2D eigenvalue weighted by Crippen LogP contribution is 1.56. The minimum absolute atomic E-state index is 0.111. The van der Waals surface area contributed by atoms with Gasteiger partial charge in [0.1, 0.15) is 0 Å². The summed E-state index contributed by atoms with van der Waals surface area (Å²) < 4.78 is 31.9. The summed E-state index contributed by atoms with van der Waals surface area (Å²) >= 11 is 0. The van der Waals surface area contributed by atoms with Crippen LogP contribution in [0, 0.1) is 0 Å². The van der Waals surface area contributed by atoms with Gasteiger partial charge in [0.2, 0.25) is 0 Å². The fraction of sp³-hybridized carbons (Fsp3) is 1.00. The lowest BCUT2D eigenvalue weighted by Gasteiger charge is -1.48. The number of rotatable bonds is 0. The van der Waals surface area contributed by atoms with E-state index >= 15 is 0 Å². The van der Waals surface area contributed by atoms with E-state index in [2.05, 4.69) is 0 Å². The zero-order valence-electron chi connectivity index (χ0n) is 8.57. The van der Waals surface area contributed by atoms with Gasteiger partial charge in [-0.3, -0.25) is 0 Å². The molecule has 0 amide bonds. The normalized spacial score (nSPS) is 20.2. The van der Waals surface area contributed by atoms with E-state index in [-0.39, 0.29) is 6.90 Å². The molecular weight excluding hydrogens is 60.1 g/mol. The van der Waals surface area contributed by atoms with Gasteiger partial charge in [-0.2, -0.15) is 0 Å². The summed E-state index contributed by atoms with van der Waals surface area (Å²) in [6.45, 7) is 0.148. The molecule has 0 aromatic heterocycles. The standard InChI is InChI=1S/C3H8.C2H6/c1-3-2;1-2/h3H2,1-2H3;1-2H3/i1T2;1T,2T2. The summed E-state index contributed by atoms with van der Waals surface area (Å²) in [4.78, 5) is 0. The molecule has 0 N–H and O–H groups in total. The van der Waals surface area contributed by atoms with Gasteiger partial charge in [-0.1, -0.05) is 34.0 Å². The van der Waals surface area contributed by atoms with Crippen molar-refractivity contribution in [2.45, 2.75) is 34.0 Å². The predicted molar refractivity (Wildman–Crippen MR) is 27.3 cm³/mol. The van der Waals surface area contributed by atoms with Gasteiger partial charge in [0.05, 0.1) is 0 Å². The average molecular weight is 84.2 g/mol. The predicted octanol–water partition coefficient (Wildman–Crippen LogP) is 2.44. The van der Waals surface area contributed by atoms with Crippen molar-refractivity contribution in [2.75, 3.05) is 0 Å². The van der Waals surface area contributed by atoms with Crippen LogP contribution in [-0.2, 0) is 0 Å². The Balaban J connectivity index is 0. The summed E-state index contributed by atoms with van der Waals surface area (Å²) in [6.07, 6.45) is 0.639. The Bertz CT molecular complexity index is 46.0. The molecule has 0 bridgehead atoms. The maximum Gasteiger partial charge on any atom is 0.0230 e. The molecule has 0 nitrogen and oxygen atoms in total. The molecule has 0 aliphatic carbocycles. The molecule has 0 saturated carbocycles. The second-order valence-corrected chi connectivity index (χ2v) is 0.408. The van der Waals surface area contributed by atoms with Crippen LogP contribution in [-0.4, -0.2) is 0 Å². The van der Waals surface area contributed by atoms with Gasteiger partial charge in [0, 0.05) is 6.85 Å². The zero-order valence-corrected chi connectivity index (χ0v) is 3.57. The fourth-order valence-electron chi connectivity index (χ4n) is 0. The third kappa shape index (κ3) is 0. The van der Waals surface area contributed by atoms with Crippen LogP contribution >= 0.6 is 0 Å². The molecule has 0 aromatic carbocycles. The maximum atomic E-state index is 6.49. The Hall–Kier alpha value is 0. The zero-order chi connectivity index (χ0) is 8.57. The van der Waals surface area contributed by atoms with E-state index in [0.717, 1.165) is 0 Å². The average Bonchev–Trinajstić information content (AvgIpc) is 1.89. The second kappa shape index (κ2) is 36.0. The van der Waals surface area contributed by atoms with Crippen molar-refractivity contribution >= 4 is 0 Å². The van der Waals surface area contributed by atoms with E-state index in [1.807, 2.05) is 6.92 Å². The molecule has 0 atom stereocenters. The van der Waals surface area contributed by atoms with Crippen molar-refractivity contribution in [3.8, 4) is 0 Å². The van der Waals surface area contributed by atoms with Crippen molar-refractivity contribution in [2.24, 2.45) is 0 Å². The molecule has 0 spiro atoms. The van der Waals surface area contributed by atoms with Crippen LogP contribution in [0.4, 0.5) is 0 Å². The van der Waals surface area contributed by atoms with E-state index in [1.165, 1.54) is 0 Å². The van der Waals surface area contributed by atoms with Crippen molar-refractivity contribution in [1.29, 1.82) is 0 Å². The Morgan fingerprint density at radius 1 is 1.80 bits per heavy atom. The maximum absolute atomic E-state index is 6.49. The quantitative estimate of drug-likeness (QED) is 0.423. The number of hydrogen-bond acceptors (Lipinski definition) is 0. The monoisotopic (exact) mass is 84.2 g/mol. The molecule has 0 unspecified atom stereocenters. The lowest BCUT2D eigenvalue weighted by molar-refractivity contribution is 1.09. The Morgan fingerprint density at radius 3 is 2.20 bits per heavy atom. The first-order chi connectivity index (χ1) is 4.54. The first-order valence-corrected chi connectivity index (χ1v) is 1.52. The van der Waals surface area contributed by atoms with Gasteiger partial charge in [0.15, 0.2) is 0 Å². The van der Waals surface area contributed by atoms with E-state index < -0.39 is 13.8 Å². The van der Waals surface area contributed by atoms with Crippen molar-refractivity contribution in [3.05, 3.63) is 0 Å². The third-order valence-corrected chi connectivity index (χ3v) is 0. The minimum atomic E-state index is -0.949. The van der Waals surface area contributed by atoms with Gasteiger partial charge >= 0.3 is 0 Å². The van der Waals surface area contributed by atoms with E-state index in [9.17, 15) is 0 Å². The molecule has 0 heterocycles. The molecule has 0 aliphatic heterocycles. The first kappa shape index (κ1) is 1.25. The topological polar surface area (TPSA) is 0 Å². The van der Waals surface area contributed by atoms with Crippen LogP contribution in [0.3, 0.4) is 0 Å². The summed E-state index contributed by atoms with van der Waals surface area (Å²) in [5.74, 6) is 0. The Kier molecular flexibility index (Phi) is 9.00. The van der Waals surface area contributed by atoms with Crippen molar-refractivity contribution in [1.82, 2.24) is 0 Å². The van der Waals surface area contributed by atoms with Crippen LogP contribution in [0.1, 0.15) is 40.8 Å². The molecule has 0 aromatic rings. The molecule has 0 fully saturated rings. The second-order valence-electron chi connectivity index (χ2n) is 0.408. The molecular formula is C5H14. The molecule has 0 rings (SSSR count). The summed E-state index contributed by atoms with van der Waals surface area (Å²) in [7, 11) is 0. The summed E-state index contributed by atoms with van der Waals surface area (Å²) in [5.41, 5.74) is 0. The Labute approximate surface area is 42.2 Å². The lowest BCUT2D eigenvalue weighted by Crippen LogP contribution is -1.27. The van der Waals surface area contributed by atoms with Gasteiger partial charge in [-0.05, 0) is 0 Å². The largest absolute Gasteiger partial charge is 0.0683 e. The first-order valence-electron chi connectivity index (χ1n) is 4.54. The van der Waals surface area contributed by atoms with E-state index in [0.29, 0.717) is 6.42 Å². The van der Waals surface area contributed by atoms with Gasteiger partial charge in [-0.15, -0.1) is 0 Å². The summed E-state index contributed by atoms with van der Waals surface area (Å²) in [5, 5.41) is 0. The van der Waals surface area contributed by atoms with Gasteiger partial charge < -0.3 is 0 Å². The van der Waals surface area contributed by atoms with E-state index in [1.54, 1.807) is 0 Å². The highest BCUT2D eigenvalue weighted by atomic mass is 13.4. The lowest BCUT2D eigenvalue weighted by atomic mass is 10.6. The molecule has 0 aliphatic rings. The van der Waals surface area contributed by atoms with Crippen LogP contribution < -0.4 is 0 Å². The highest BCUT2D eigenvalue weighted by Gasteiger charge is 1.35. The van der Waals surface area contributed by atoms with Gasteiger partial charge in [0.25, 0.3) is 0 Å². The molecule has 34 valence electrons. The van der Waals surface area contributed by atoms with Crippen molar-refractivity contribution in [3.63, 3.8) is 0 Å². The molecule has 0 radical (unpaired) electrons. The molecule has 0 saturated heterocycles. The minimum Gasteiger partial charge on any atom is -0.0683 e. The van der Waals surface area contributed by atoms with Crippen LogP contribution in [0.25, 0.3) is 0 Å². The highest BCUT2D eigenvalue weighted by molar-refractivity contribution is 3.92.